The zero-order valence-electron chi connectivity index (χ0n) is 43.6. The van der Waals surface area contributed by atoms with Crippen molar-refractivity contribution in [3.8, 4) is 0 Å². The second kappa shape index (κ2) is 19.2. The highest BCUT2D eigenvalue weighted by molar-refractivity contribution is 7.99. The van der Waals surface area contributed by atoms with Gasteiger partial charge < -0.3 is 19.5 Å². The highest BCUT2D eigenvalue weighted by Crippen LogP contribution is 2.63. The highest BCUT2D eigenvalue weighted by Gasteiger charge is 2.59. The Morgan fingerprint density at radius 3 is 1.26 bits per heavy atom. The predicted octanol–water partition coefficient (Wildman–Crippen LogP) is 9.95. The van der Waals surface area contributed by atoms with E-state index in [4.69, 9.17) is 14.2 Å². The largest absolute Gasteiger partial charge is 0.381 e. The zero-order chi connectivity index (χ0) is 45.5. The first kappa shape index (κ1) is 51.4. The molecule has 3 atom stereocenters. The van der Waals surface area contributed by atoms with Crippen molar-refractivity contribution in [3.63, 3.8) is 0 Å². The molecule has 1 saturated carbocycles. The summed E-state index contributed by atoms with van der Waals surface area (Å²) < 4.78 is 16.1. The van der Waals surface area contributed by atoms with E-state index in [1.807, 2.05) is 0 Å². The van der Waals surface area contributed by atoms with Gasteiger partial charge in [-0.05, 0) is 213 Å². The molecule has 9 heteroatoms. The molecule has 3 unspecified atom stereocenters. The summed E-state index contributed by atoms with van der Waals surface area (Å²) >= 11 is 2.16. The van der Waals surface area contributed by atoms with Crippen LogP contribution in [0.4, 0.5) is 0 Å². The molecular formula is C53H101N5O3S. The summed E-state index contributed by atoms with van der Waals surface area (Å²) in [6, 6.07) is 0. The van der Waals surface area contributed by atoms with Crippen LogP contribution in [0.25, 0.3) is 0 Å². The summed E-state index contributed by atoms with van der Waals surface area (Å²) in [5, 5.41) is 3.48. The summed E-state index contributed by atoms with van der Waals surface area (Å²) in [6.45, 7) is 53.7. The lowest BCUT2D eigenvalue weighted by atomic mass is 9.75. The van der Waals surface area contributed by atoms with Crippen LogP contribution in [-0.4, -0.2) is 158 Å². The minimum Gasteiger partial charge on any atom is -0.381 e. The van der Waals surface area contributed by atoms with E-state index in [2.05, 4.69) is 141 Å². The Bertz CT molecular complexity index is 1380. The summed E-state index contributed by atoms with van der Waals surface area (Å²) in [5.41, 5.74) is 5.16. The van der Waals surface area contributed by atoms with Crippen LogP contribution in [0.3, 0.4) is 0 Å². The quantitative estimate of drug-likeness (QED) is 0.256. The van der Waals surface area contributed by atoms with Gasteiger partial charge in [0.1, 0.15) is 0 Å². The second-order valence-corrected chi connectivity index (χ2v) is 28.8. The number of hydrogen-bond donors (Lipinski definition) is 1. The van der Waals surface area contributed by atoms with Crippen LogP contribution in [-0.2, 0) is 14.2 Å². The average molecular weight is 888 g/mol. The maximum atomic E-state index is 5.54. The Morgan fingerprint density at radius 1 is 0.468 bits per heavy atom. The van der Waals surface area contributed by atoms with Crippen molar-refractivity contribution in [2.75, 3.05) is 117 Å². The van der Waals surface area contributed by atoms with Gasteiger partial charge in [0.15, 0.2) is 0 Å². The summed E-state index contributed by atoms with van der Waals surface area (Å²) in [5.74, 6) is 3.81. The molecule has 8 nitrogen and oxygen atoms in total. The van der Waals surface area contributed by atoms with Crippen LogP contribution in [0, 0.1) is 38.4 Å². The van der Waals surface area contributed by atoms with Crippen LogP contribution in [0.15, 0.2) is 0 Å². The minimum absolute atomic E-state index is 0.348. The lowest BCUT2D eigenvalue weighted by Crippen LogP contribution is -2.69. The van der Waals surface area contributed by atoms with Gasteiger partial charge in [-0.2, -0.15) is 11.8 Å². The Hall–Kier alpha value is 0.0300. The molecule has 0 bridgehead atoms. The number of nitrogens with zero attached hydrogens (tertiary/aromatic N) is 4. The minimum atomic E-state index is 0.348. The van der Waals surface area contributed by atoms with Crippen molar-refractivity contribution in [2.24, 2.45) is 38.4 Å². The fraction of sp³-hybridized carbons (Fsp3) is 1.00. The predicted molar refractivity (Wildman–Crippen MR) is 265 cm³/mol. The van der Waals surface area contributed by atoms with Gasteiger partial charge in [-0.3, -0.25) is 19.6 Å². The van der Waals surface area contributed by atoms with Crippen molar-refractivity contribution >= 4 is 11.8 Å². The molecule has 1 N–H and O–H groups in total. The Morgan fingerprint density at radius 2 is 0.919 bits per heavy atom. The van der Waals surface area contributed by atoms with Crippen LogP contribution >= 0.6 is 11.8 Å². The summed E-state index contributed by atoms with van der Waals surface area (Å²) in [4.78, 5) is 10.4. The smallest absolute Gasteiger partial charge is 0.0569 e. The molecule has 10 fully saturated rings. The van der Waals surface area contributed by atoms with Gasteiger partial charge in [0.05, 0.1) is 33.0 Å². The standard InChI is InChI=1S/C12H23NO.C11H21NO.C11H21NS.C10H19N.C9H17NO/c1-11(2,3)13-7-4-12(5-8-13)6-9-14-10-12;1-10(2,3)12-6-4-11(5-7-12)8-13-9-11;1-10(2,3)12-6-4-11(8-12)5-7-13-9-11;1-9(2,3)8-6-10(8)4-5-11-7-10;1-8(2,3)10-4-9(5-10)6-11-7-9/h4-10H2,1-3H3;2*4-9H2,1-3H3;8,11H,4-7H2,1-3H3;4-7H2,1-3H3. The van der Waals surface area contributed by atoms with E-state index >= 15 is 0 Å². The molecule has 1 aliphatic carbocycles. The van der Waals surface area contributed by atoms with Gasteiger partial charge in [0.25, 0.3) is 0 Å². The van der Waals surface area contributed by atoms with E-state index in [9.17, 15) is 0 Å². The summed E-state index contributed by atoms with van der Waals surface area (Å²) in [7, 11) is 0. The van der Waals surface area contributed by atoms with Gasteiger partial charge >= 0.3 is 0 Å². The lowest BCUT2D eigenvalue weighted by molar-refractivity contribution is -0.207. The third-order valence-corrected chi connectivity index (χ3v) is 18.8. The number of nitrogens with one attached hydrogen (secondary N) is 1. The number of rotatable bonds is 0. The highest BCUT2D eigenvalue weighted by atomic mass is 32.2. The topological polar surface area (TPSA) is 52.7 Å². The van der Waals surface area contributed by atoms with Gasteiger partial charge in [-0.1, -0.05) is 20.8 Å². The molecule has 0 aromatic carbocycles. The second-order valence-electron chi connectivity index (χ2n) is 27.7. The molecule has 362 valence electrons. The molecule has 10 rings (SSSR count). The first-order chi connectivity index (χ1) is 28.6. The normalized spacial score (nSPS) is 33.0. The Labute approximate surface area is 388 Å². The molecule has 0 radical (unpaired) electrons. The first-order valence-electron chi connectivity index (χ1n) is 25.6. The molecule has 9 saturated heterocycles. The monoisotopic (exact) mass is 888 g/mol. The van der Waals surface area contributed by atoms with Gasteiger partial charge in [-0.25, -0.2) is 0 Å². The van der Waals surface area contributed by atoms with E-state index in [0.717, 1.165) is 51.0 Å². The van der Waals surface area contributed by atoms with Crippen LogP contribution < -0.4 is 5.32 Å². The van der Waals surface area contributed by atoms with Crippen LogP contribution in [0.1, 0.15) is 162 Å². The SMILES string of the molecule is CC(C)(C)C1CC12CCNC2.CC(C)(C)N1CC2(COC2)C1.CC(C)(C)N1CCC2(CC1)COC2.CC(C)(C)N1CCC2(CCOC2)CC1.CC(C)(C)N1CCC2(CCSC2)C1. The maximum absolute atomic E-state index is 5.54. The number of piperidine rings is 2. The van der Waals surface area contributed by atoms with Crippen LogP contribution in [0.5, 0.6) is 0 Å². The zero-order valence-corrected chi connectivity index (χ0v) is 44.4. The number of hydrogen-bond acceptors (Lipinski definition) is 9. The van der Waals surface area contributed by atoms with E-state index in [1.165, 1.54) is 135 Å². The van der Waals surface area contributed by atoms with E-state index in [1.54, 1.807) is 0 Å². The molecular weight excluding hydrogens is 787 g/mol. The lowest BCUT2D eigenvalue weighted by Gasteiger charge is -2.59. The fourth-order valence-electron chi connectivity index (χ4n) is 12.1. The van der Waals surface area contributed by atoms with Crippen molar-refractivity contribution in [2.45, 2.75) is 184 Å². The van der Waals surface area contributed by atoms with E-state index < -0.39 is 0 Å². The third-order valence-electron chi connectivity index (χ3n) is 17.4. The molecule has 0 amide bonds. The maximum Gasteiger partial charge on any atom is 0.0569 e. The molecule has 0 aromatic heterocycles. The molecule has 10 aliphatic rings. The molecule has 0 aromatic rings. The van der Waals surface area contributed by atoms with Crippen molar-refractivity contribution in [3.05, 3.63) is 0 Å². The van der Waals surface area contributed by atoms with Gasteiger partial charge in [0, 0.05) is 71.5 Å². The first-order valence-corrected chi connectivity index (χ1v) is 26.8. The van der Waals surface area contributed by atoms with E-state index in [-0.39, 0.29) is 0 Å². The van der Waals surface area contributed by atoms with Gasteiger partial charge in [-0.15, -0.1) is 0 Å². The Balaban J connectivity index is 0.000000130. The number of ether oxygens (including phenoxy) is 3. The van der Waals surface area contributed by atoms with Crippen molar-refractivity contribution < 1.29 is 14.2 Å². The number of thioether (sulfide) groups is 1. The van der Waals surface area contributed by atoms with Gasteiger partial charge in [0.2, 0.25) is 0 Å². The van der Waals surface area contributed by atoms with Crippen LogP contribution in [0.2, 0.25) is 0 Å². The Kier molecular flexibility index (Phi) is 15.9. The van der Waals surface area contributed by atoms with Crippen molar-refractivity contribution in [1.29, 1.82) is 0 Å². The number of likely N-dealkylation sites (tertiary alicyclic amines) is 4. The molecule has 9 heterocycles. The molecule has 9 aliphatic heterocycles. The fourth-order valence-corrected chi connectivity index (χ4v) is 13.7. The molecule has 62 heavy (non-hydrogen) atoms. The van der Waals surface area contributed by atoms with Crippen molar-refractivity contribution in [1.82, 2.24) is 24.9 Å². The summed E-state index contributed by atoms with van der Waals surface area (Å²) in [6.07, 6.45) is 12.5. The molecule has 5 spiro atoms. The average Bonchev–Trinajstić information content (AvgIpc) is 3.66. The van der Waals surface area contributed by atoms with E-state index in [0.29, 0.717) is 49.2 Å². The third kappa shape index (κ3) is 13.0.